The fourth-order valence-corrected chi connectivity index (χ4v) is 8.27. The third kappa shape index (κ3) is 47.5. The number of hydrogen-bond donors (Lipinski definition) is 0. The van der Waals surface area contributed by atoms with Crippen LogP contribution < -0.4 is 0 Å². The van der Waals surface area contributed by atoms with Crippen molar-refractivity contribution in [2.24, 2.45) is 0 Å². The number of carbonyl (C=O) groups excluding carboxylic acids is 3. The Bertz CT molecular complexity index is 889. The third-order valence-corrected chi connectivity index (χ3v) is 12.4. The summed E-state index contributed by atoms with van der Waals surface area (Å²) in [7, 11) is 0. The lowest BCUT2D eigenvalue weighted by molar-refractivity contribution is -0.167. The molecule has 0 aliphatic heterocycles. The lowest BCUT2D eigenvalue weighted by atomic mass is 10.0. The van der Waals surface area contributed by atoms with Crippen molar-refractivity contribution in [1.29, 1.82) is 0 Å². The van der Waals surface area contributed by atoms with Gasteiger partial charge in [0.2, 0.25) is 0 Å². The zero-order valence-corrected chi connectivity index (χ0v) is 40.8. The summed E-state index contributed by atoms with van der Waals surface area (Å²) in [6, 6.07) is 0. The van der Waals surface area contributed by atoms with Gasteiger partial charge in [0.05, 0.1) is 0 Å². The maximum atomic E-state index is 12.8. The minimum atomic E-state index is -0.759. The topological polar surface area (TPSA) is 78.9 Å². The molecule has 6 nitrogen and oxygen atoms in total. The first-order chi connectivity index (χ1) is 29.5. The first-order valence-corrected chi connectivity index (χ1v) is 27.0. The van der Waals surface area contributed by atoms with E-state index >= 15 is 0 Å². The Hall–Kier alpha value is -1.59. The van der Waals surface area contributed by atoms with Gasteiger partial charge in [-0.3, -0.25) is 14.4 Å². The zero-order valence-electron chi connectivity index (χ0n) is 40.8. The molecular weight excluding hydrogens is 745 g/mol. The monoisotopic (exact) mass is 849 g/mol. The molecule has 0 radical (unpaired) electrons. The van der Waals surface area contributed by atoms with E-state index in [2.05, 4.69) is 20.8 Å². The molecular formula is C54H104O6. The predicted octanol–water partition coefficient (Wildman–Crippen LogP) is 17.6. The molecule has 0 rings (SSSR count). The highest BCUT2D eigenvalue weighted by molar-refractivity contribution is 5.71. The van der Waals surface area contributed by atoms with Crippen LogP contribution in [-0.4, -0.2) is 37.2 Å². The highest BCUT2D eigenvalue weighted by atomic mass is 16.6. The van der Waals surface area contributed by atoms with Crippen LogP contribution in [0.25, 0.3) is 0 Å². The van der Waals surface area contributed by atoms with Crippen LogP contribution in [0.3, 0.4) is 0 Å². The molecule has 0 N–H and O–H groups in total. The van der Waals surface area contributed by atoms with Crippen LogP contribution in [-0.2, 0) is 28.6 Å². The summed E-state index contributed by atoms with van der Waals surface area (Å²) >= 11 is 0. The third-order valence-electron chi connectivity index (χ3n) is 12.4. The fourth-order valence-electron chi connectivity index (χ4n) is 8.27. The molecule has 0 aromatic rings. The van der Waals surface area contributed by atoms with E-state index in [0.29, 0.717) is 19.3 Å². The molecule has 0 saturated carbocycles. The van der Waals surface area contributed by atoms with Crippen LogP contribution in [0.4, 0.5) is 0 Å². The Morgan fingerprint density at radius 1 is 0.267 bits per heavy atom. The second-order valence-corrected chi connectivity index (χ2v) is 18.5. The van der Waals surface area contributed by atoms with Gasteiger partial charge in [0.15, 0.2) is 6.10 Å². The van der Waals surface area contributed by atoms with Crippen molar-refractivity contribution in [3.05, 3.63) is 0 Å². The van der Waals surface area contributed by atoms with Crippen molar-refractivity contribution in [3.63, 3.8) is 0 Å². The smallest absolute Gasteiger partial charge is 0.306 e. The van der Waals surface area contributed by atoms with E-state index in [0.717, 1.165) is 57.8 Å². The Labute approximate surface area is 374 Å². The molecule has 0 aromatic heterocycles. The highest BCUT2D eigenvalue weighted by Gasteiger charge is 2.19. The highest BCUT2D eigenvalue weighted by Crippen LogP contribution is 2.17. The Balaban J connectivity index is 4.24. The van der Waals surface area contributed by atoms with Gasteiger partial charge < -0.3 is 14.2 Å². The SMILES string of the molecule is CCCCCCCCCCCCCCCCCCCCC(=O)OC[C@@H](COC(=O)CCCCCCCCCCCCCCC)OC(=O)CCCCCCCCCCCCC. The zero-order chi connectivity index (χ0) is 43.7. The van der Waals surface area contributed by atoms with Gasteiger partial charge in [-0.25, -0.2) is 0 Å². The molecule has 0 spiro atoms. The summed E-state index contributed by atoms with van der Waals surface area (Å²) < 4.78 is 16.8. The van der Waals surface area contributed by atoms with Crippen molar-refractivity contribution in [2.45, 2.75) is 316 Å². The van der Waals surface area contributed by atoms with Crippen LogP contribution >= 0.6 is 0 Å². The van der Waals surface area contributed by atoms with Crippen LogP contribution in [0.5, 0.6) is 0 Å². The van der Waals surface area contributed by atoms with Crippen LogP contribution in [0.1, 0.15) is 310 Å². The number of hydrogen-bond acceptors (Lipinski definition) is 6. The van der Waals surface area contributed by atoms with Gasteiger partial charge in [0.25, 0.3) is 0 Å². The summed E-state index contributed by atoms with van der Waals surface area (Å²) in [6.07, 6.45) is 53.7. The van der Waals surface area contributed by atoms with Gasteiger partial charge in [-0.05, 0) is 19.3 Å². The number of carbonyl (C=O) groups is 3. The second kappa shape index (κ2) is 50.1. The van der Waals surface area contributed by atoms with Gasteiger partial charge in [-0.15, -0.1) is 0 Å². The van der Waals surface area contributed by atoms with Crippen LogP contribution in [0.15, 0.2) is 0 Å². The largest absolute Gasteiger partial charge is 0.462 e. The van der Waals surface area contributed by atoms with Gasteiger partial charge in [0.1, 0.15) is 13.2 Å². The molecule has 0 unspecified atom stereocenters. The molecule has 60 heavy (non-hydrogen) atoms. The average Bonchev–Trinajstić information content (AvgIpc) is 3.24. The normalized spacial score (nSPS) is 11.8. The van der Waals surface area contributed by atoms with Gasteiger partial charge in [-0.1, -0.05) is 271 Å². The maximum Gasteiger partial charge on any atom is 0.306 e. The molecule has 0 aromatic carbocycles. The van der Waals surface area contributed by atoms with E-state index in [1.165, 1.54) is 212 Å². The quantitative estimate of drug-likeness (QED) is 0.0345. The van der Waals surface area contributed by atoms with E-state index in [1.807, 2.05) is 0 Å². The molecule has 0 aliphatic rings. The van der Waals surface area contributed by atoms with E-state index in [9.17, 15) is 14.4 Å². The van der Waals surface area contributed by atoms with Crippen molar-refractivity contribution < 1.29 is 28.6 Å². The predicted molar refractivity (Wildman–Crippen MR) is 257 cm³/mol. The molecule has 1 atom stereocenters. The number of ether oxygens (including phenoxy) is 3. The maximum absolute atomic E-state index is 12.8. The van der Waals surface area contributed by atoms with E-state index in [4.69, 9.17) is 14.2 Å². The Morgan fingerprint density at radius 3 is 0.667 bits per heavy atom. The summed E-state index contributed by atoms with van der Waals surface area (Å²) in [6.45, 7) is 6.68. The Kier molecular flexibility index (Phi) is 48.7. The van der Waals surface area contributed by atoms with E-state index in [1.54, 1.807) is 0 Å². The van der Waals surface area contributed by atoms with Gasteiger partial charge >= 0.3 is 17.9 Å². The van der Waals surface area contributed by atoms with Crippen molar-refractivity contribution >= 4 is 17.9 Å². The van der Waals surface area contributed by atoms with E-state index < -0.39 is 6.10 Å². The second-order valence-electron chi connectivity index (χ2n) is 18.5. The molecule has 356 valence electrons. The lowest BCUT2D eigenvalue weighted by Crippen LogP contribution is -2.30. The summed E-state index contributed by atoms with van der Waals surface area (Å²) in [5.74, 6) is -0.839. The first kappa shape index (κ1) is 58.4. The van der Waals surface area contributed by atoms with Crippen molar-refractivity contribution in [2.75, 3.05) is 13.2 Å². The fraction of sp³-hybridized carbons (Fsp3) is 0.944. The first-order valence-electron chi connectivity index (χ1n) is 27.0. The summed E-state index contributed by atoms with van der Waals surface area (Å²) in [5, 5.41) is 0. The molecule has 0 heterocycles. The molecule has 6 heteroatoms. The molecule has 0 amide bonds. The van der Waals surface area contributed by atoms with Crippen LogP contribution in [0.2, 0.25) is 0 Å². The minimum Gasteiger partial charge on any atom is -0.462 e. The van der Waals surface area contributed by atoms with Crippen molar-refractivity contribution in [3.8, 4) is 0 Å². The van der Waals surface area contributed by atoms with E-state index in [-0.39, 0.29) is 31.1 Å². The number of unbranched alkanes of at least 4 members (excludes halogenated alkanes) is 39. The number of rotatable bonds is 50. The summed E-state index contributed by atoms with van der Waals surface area (Å²) in [5.41, 5.74) is 0. The average molecular weight is 849 g/mol. The Morgan fingerprint density at radius 2 is 0.450 bits per heavy atom. The van der Waals surface area contributed by atoms with Gasteiger partial charge in [-0.2, -0.15) is 0 Å². The van der Waals surface area contributed by atoms with Crippen molar-refractivity contribution in [1.82, 2.24) is 0 Å². The van der Waals surface area contributed by atoms with Crippen LogP contribution in [0, 0.1) is 0 Å². The minimum absolute atomic E-state index is 0.0616. The molecule has 0 bridgehead atoms. The molecule has 0 aliphatic carbocycles. The summed E-state index contributed by atoms with van der Waals surface area (Å²) in [4.78, 5) is 37.9. The number of esters is 3. The standard InChI is InChI=1S/C54H104O6/c1-4-7-10-13-16-19-22-24-25-26-27-28-30-33-35-38-41-44-47-53(56)59-50-51(60-54(57)48-45-42-39-36-31-21-18-15-12-9-6-3)49-58-52(55)46-43-40-37-34-32-29-23-20-17-14-11-8-5-2/h51H,4-50H2,1-3H3/t51-/m1/s1. The molecule has 0 fully saturated rings. The molecule has 0 saturated heterocycles. The lowest BCUT2D eigenvalue weighted by Gasteiger charge is -2.18. The van der Waals surface area contributed by atoms with Gasteiger partial charge in [0, 0.05) is 19.3 Å².